The topological polar surface area (TPSA) is 20.9 Å². The zero-order valence-electron chi connectivity index (χ0n) is 30.8. The lowest BCUT2D eigenvalue weighted by atomic mass is 9.12. The van der Waals surface area contributed by atoms with Crippen LogP contribution in [0.25, 0.3) is 10.2 Å². The Balaban J connectivity index is 0.000000295. The van der Waals surface area contributed by atoms with Crippen molar-refractivity contribution in [2.24, 2.45) is 0 Å². The van der Waals surface area contributed by atoms with Crippen LogP contribution in [0.3, 0.4) is 0 Å². The summed E-state index contributed by atoms with van der Waals surface area (Å²) in [4.78, 5) is 11.4. The average molecular weight is 947 g/mol. The number of hydrogen-bond acceptors (Lipinski definition) is 2. The van der Waals surface area contributed by atoms with Crippen LogP contribution in [0, 0.1) is 116 Å². The second kappa shape index (κ2) is 17.3. The van der Waals surface area contributed by atoms with Gasteiger partial charge in [0.05, 0.1) is 0 Å². The number of fused-ring (bicyclic) bond motifs is 1. The summed E-state index contributed by atoms with van der Waals surface area (Å²) >= 11 is 1.68. The van der Waals surface area contributed by atoms with E-state index in [1.54, 1.807) is 18.3 Å². The molecule has 0 amide bonds. The normalized spacial score (nSPS) is 11.6. The first kappa shape index (κ1) is 47.0. The van der Waals surface area contributed by atoms with Crippen LogP contribution in [-0.2, 0) is 6.54 Å². The van der Waals surface area contributed by atoms with Gasteiger partial charge in [0.1, 0.15) is 57.4 Å². The Hall–Kier alpha value is -6.46. The molecule has 7 rings (SSSR count). The van der Waals surface area contributed by atoms with Crippen LogP contribution in [-0.4, -0.2) is 11.9 Å². The van der Waals surface area contributed by atoms with Gasteiger partial charge in [-0.05, 0) is 19.1 Å². The lowest BCUT2D eigenvalue weighted by Crippen LogP contribution is -2.81. The molecule has 0 N–H and O–H groups in total. The molecule has 1 heterocycles. The van der Waals surface area contributed by atoms with Crippen LogP contribution >= 0.6 is 11.3 Å². The van der Waals surface area contributed by atoms with Gasteiger partial charge in [0.25, 0.3) is 0 Å². The highest BCUT2D eigenvalue weighted by molar-refractivity contribution is 7.20. The Morgan fingerprint density at radius 2 is 0.734 bits per heavy atom. The number of benzene rings is 6. The molecule has 6 aromatic carbocycles. The van der Waals surface area contributed by atoms with Crippen LogP contribution in [0.1, 0.15) is 22.8 Å². The quantitative estimate of drug-likeness (QED) is 0.0390. The number of aromatic nitrogens is 1. The fraction of sp³-hybridized carbons (Fsp3) is 0.0500. The third kappa shape index (κ3) is 7.20. The largest absolute Gasteiger partial charge is 0.295 e. The summed E-state index contributed by atoms with van der Waals surface area (Å²) in [5.74, 6) is -71.3. The maximum Gasteiger partial charge on any atom is 0.226 e. The molecule has 1 aromatic heterocycles. The number of halogens is 20. The highest BCUT2D eigenvalue weighted by atomic mass is 32.1. The van der Waals surface area contributed by atoms with Gasteiger partial charge >= 0.3 is 0 Å². The molecule has 0 saturated carbocycles. The summed E-state index contributed by atoms with van der Waals surface area (Å²) in [6, 6.07) is 16.3. The number of carbonyl (C=O) groups is 1. The van der Waals surface area contributed by atoms with Gasteiger partial charge in [0.15, 0.2) is 82.1 Å². The predicted molar refractivity (Wildman–Crippen MR) is 187 cm³/mol. The molecule has 0 fully saturated rings. The average Bonchev–Trinajstić information content (AvgIpc) is 3.68. The monoisotopic (exact) mass is 947 g/mol. The van der Waals surface area contributed by atoms with E-state index in [0.29, 0.717) is 0 Å². The lowest BCUT2D eigenvalue weighted by Gasteiger charge is -2.44. The SMILES string of the molecule is CC(=O)c1ccc2c(c1)sc[n+]2Cc1ccccc1.Fc1c(F)c(F)c([B-](c2c(F)c(F)c(F)c(F)c2F)(c2c(F)c(F)c(F)c(F)c2F)c2c(F)c(F)c(F)c(F)c2F)c(F)c1F. The van der Waals surface area contributed by atoms with Crippen LogP contribution in [0.15, 0.2) is 54.0 Å². The molecule has 0 saturated heterocycles. The molecule has 64 heavy (non-hydrogen) atoms. The minimum atomic E-state index is -7.22. The van der Waals surface area contributed by atoms with Crippen molar-refractivity contribution in [1.29, 1.82) is 0 Å². The van der Waals surface area contributed by atoms with Crippen LogP contribution in [0.4, 0.5) is 87.8 Å². The Morgan fingerprint density at radius 3 is 1.03 bits per heavy atom. The van der Waals surface area contributed by atoms with Gasteiger partial charge in [-0.2, -0.15) is 4.57 Å². The summed E-state index contributed by atoms with van der Waals surface area (Å²) < 4.78 is 297. The van der Waals surface area contributed by atoms with Crippen molar-refractivity contribution in [3.05, 3.63) is 182 Å². The van der Waals surface area contributed by atoms with E-state index < -0.39 is 144 Å². The molecular formula is C40H14BF20NOS. The second-order valence-electron chi connectivity index (χ2n) is 13.4. The Kier molecular flexibility index (Phi) is 12.7. The number of rotatable bonds is 7. The van der Waals surface area contributed by atoms with Crippen molar-refractivity contribution in [3.63, 3.8) is 0 Å². The molecule has 0 atom stereocenters. The number of thiazole rings is 1. The minimum absolute atomic E-state index is 0.116. The number of ketones is 1. The Labute approximate surface area is 347 Å². The smallest absolute Gasteiger partial charge is 0.226 e. The van der Waals surface area contributed by atoms with Crippen molar-refractivity contribution in [1.82, 2.24) is 0 Å². The van der Waals surface area contributed by atoms with Crippen molar-refractivity contribution in [2.75, 3.05) is 0 Å². The van der Waals surface area contributed by atoms with Gasteiger partial charge in [-0.1, -0.05) is 41.7 Å². The van der Waals surface area contributed by atoms with Gasteiger partial charge < -0.3 is 0 Å². The molecule has 0 aliphatic heterocycles. The van der Waals surface area contributed by atoms with Gasteiger partial charge in [0.2, 0.25) is 11.0 Å². The molecule has 24 heteroatoms. The minimum Gasteiger partial charge on any atom is -0.295 e. The zero-order valence-corrected chi connectivity index (χ0v) is 31.6. The van der Waals surface area contributed by atoms with Crippen molar-refractivity contribution >= 4 is 55.3 Å². The fourth-order valence-corrected chi connectivity index (χ4v) is 7.95. The number of nitrogens with zero attached hydrogens (tertiary/aromatic N) is 1. The first-order chi connectivity index (χ1) is 29.9. The van der Waals surface area contributed by atoms with Crippen LogP contribution < -0.4 is 26.4 Å². The molecule has 0 bridgehead atoms. The molecule has 0 spiro atoms. The summed E-state index contributed by atoms with van der Waals surface area (Å²) in [6.45, 7) is 2.47. The van der Waals surface area contributed by atoms with E-state index in [4.69, 9.17) is 0 Å². The number of Topliss-reactive ketones (excluding diaryl/α,β-unsaturated/α-hetero) is 1. The van der Waals surface area contributed by atoms with E-state index >= 15 is 35.1 Å². The first-order valence-corrected chi connectivity index (χ1v) is 18.0. The van der Waals surface area contributed by atoms with Crippen molar-refractivity contribution in [2.45, 2.75) is 13.5 Å². The van der Waals surface area contributed by atoms with Gasteiger partial charge in [0, 0.05) is 17.2 Å². The molecule has 0 unspecified atom stereocenters. The third-order valence-corrected chi connectivity index (χ3v) is 10.8. The maximum absolute atomic E-state index is 15.4. The zero-order chi connectivity index (χ0) is 47.6. The van der Waals surface area contributed by atoms with Crippen molar-refractivity contribution < 1.29 is 97.2 Å². The summed E-state index contributed by atoms with van der Waals surface area (Å²) in [5.41, 5.74) is -8.98. The second-order valence-corrected chi connectivity index (χ2v) is 14.3. The van der Waals surface area contributed by atoms with Crippen molar-refractivity contribution in [3.8, 4) is 0 Å². The molecule has 7 aromatic rings. The fourth-order valence-electron chi connectivity index (χ4n) is 7.02. The van der Waals surface area contributed by atoms with Gasteiger partial charge in [-0.15, -0.1) is 21.9 Å². The lowest BCUT2D eigenvalue weighted by molar-refractivity contribution is -0.658. The summed E-state index contributed by atoms with van der Waals surface area (Å²) in [6.07, 6.45) is -7.22. The first-order valence-electron chi connectivity index (χ1n) is 17.1. The van der Waals surface area contributed by atoms with Crippen LogP contribution in [0.5, 0.6) is 0 Å². The molecule has 2 nitrogen and oxygen atoms in total. The van der Waals surface area contributed by atoms with E-state index in [1.165, 1.54) is 11.1 Å². The molecule has 0 radical (unpaired) electrons. The predicted octanol–water partition coefficient (Wildman–Crippen LogP) is 9.29. The number of hydrogen-bond donors (Lipinski definition) is 0. The van der Waals surface area contributed by atoms with E-state index in [9.17, 15) is 57.5 Å². The van der Waals surface area contributed by atoms with Gasteiger partial charge in [-0.25, -0.2) is 87.8 Å². The van der Waals surface area contributed by atoms with E-state index in [-0.39, 0.29) is 5.78 Å². The summed E-state index contributed by atoms with van der Waals surface area (Å²) in [5, 5.41) is 0. The third-order valence-electron chi connectivity index (χ3n) is 9.89. The number of carbonyl (C=O) groups excluding carboxylic acids is 1. The molecular weight excluding hydrogens is 933 g/mol. The molecule has 0 aliphatic carbocycles. The highest BCUT2D eigenvalue weighted by Crippen LogP contribution is 2.31. The van der Waals surface area contributed by atoms with Crippen LogP contribution in [0.2, 0.25) is 0 Å². The van der Waals surface area contributed by atoms with E-state index in [1.807, 2.05) is 24.3 Å². The summed E-state index contributed by atoms with van der Waals surface area (Å²) in [7, 11) is 0. The maximum atomic E-state index is 15.4. The Morgan fingerprint density at radius 1 is 0.438 bits per heavy atom. The standard InChI is InChI=1S/C24BF20.C16H14NOS/c26-5-1(6(27)14(35)21(42)13(5)34)25(2-7(28)15(36)22(43)16(37)8(2)29,3-9(30)17(38)23(44)18(39)10(3)31)4-11(32)19(40)24(45)20(41)12(4)33;1-12(18)14-7-8-15-16(9-14)19-11-17(15)10-13-5-3-2-4-6-13/h;2-9,11H,10H2,1H3/q-1;+1. The highest BCUT2D eigenvalue weighted by Gasteiger charge is 2.52. The Bertz CT molecular complexity index is 2690. The molecule has 0 aliphatic rings. The van der Waals surface area contributed by atoms with E-state index in [0.717, 1.165) is 16.8 Å². The van der Waals surface area contributed by atoms with E-state index in [2.05, 4.69) is 34.3 Å². The van der Waals surface area contributed by atoms with Gasteiger partial charge in [-0.3, -0.25) is 4.79 Å². The molecule has 334 valence electrons.